The van der Waals surface area contributed by atoms with Crippen molar-refractivity contribution in [3.8, 4) is 5.75 Å². The van der Waals surface area contributed by atoms with Crippen LogP contribution in [0, 0.1) is 6.92 Å². The van der Waals surface area contributed by atoms with Crippen molar-refractivity contribution in [1.29, 1.82) is 0 Å². The minimum atomic E-state index is -3.74. The fourth-order valence-electron chi connectivity index (χ4n) is 2.47. The summed E-state index contributed by atoms with van der Waals surface area (Å²) in [7, 11) is -3.74. The Hall–Kier alpha value is -2.00. The number of carbonyl (C=O) groups is 1. The third-order valence-corrected chi connectivity index (χ3v) is 6.98. The quantitative estimate of drug-likeness (QED) is 0.553. The lowest BCUT2D eigenvalue weighted by atomic mass is 10.2. The maximum absolute atomic E-state index is 12.7. The molecule has 0 saturated heterocycles. The van der Waals surface area contributed by atoms with Gasteiger partial charge in [-0.3, -0.25) is 4.79 Å². The van der Waals surface area contributed by atoms with Gasteiger partial charge in [-0.1, -0.05) is 6.07 Å². The van der Waals surface area contributed by atoms with E-state index in [1.165, 1.54) is 22.7 Å². The minimum Gasteiger partial charge on any atom is -0.492 e. The van der Waals surface area contributed by atoms with E-state index < -0.39 is 10.0 Å². The highest BCUT2D eigenvalue weighted by atomic mass is 32.2. The first-order valence-corrected chi connectivity index (χ1v) is 11.5. The number of ketones is 1. The molecule has 142 valence electrons. The molecule has 2 heterocycles. The Morgan fingerprint density at radius 1 is 1.19 bits per heavy atom. The molecule has 1 N–H and O–H groups in total. The highest BCUT2D eigenvalue weighted by Gasteiger charge is 2.20. The standard InChI is InChI=1S/C19H19NO4S3/c1-3-24-16-6-4-13(2)10-18(16)27(22,23)20-11-15-5-7-17(26-15)19(21)14-8-9-25-12-14/h4-10,12,20H,3,11H2,1-2H3. The third-order valence-electron chi connectivity index (χ3n) is 3.79. The van der Waals surface area contributed by atoms with Gasteiger partial charge in [-0.2, -0.15) is 11.3 Å². The maximum Gasteiger partial charge on any atom is 0.244 e. The summed E-state index contributed by atoms with van der Waals surface area (Å²) in [5, 5.41) is 3.66. The van der Waals surface area contributed by atoms with E-state index in [-0.39, 0.29) is 17.2 Å². The molecule has 5 nitrogen and oxygen atoms in total. The first-order chi connectivity index (χ1) is 12.9. The van der Waals surface area contributed by atoms with Gasteiger partial charge in [-0.15, -0.1) is 11.3 Å². The number of ether oxygens (including phenoxy) is 1. The van der Waals surface area contributed by atoms with Gasteiger partial charge in [0, 0.05) is 22.4 Å². The van der Waals surface area contributed by atoms with Crippen LogP contribution >= 0.6 is 22.7 Å². The zero-order valence-electron chi connectivity index (χ0n) is 14.9. The molecule has 0 bridgehead atoms. The number of hydrogen-bond acceptors (Lipinski definition) is 6. The van der Waals surface area contributed by atoms with E-state index in [9.17, 15) is 13.2 Å². The van der Waals surface area contributed by atoms with Gasteiger partial charge in [0.25, 0.3) is 0 Å². The molecule has 8 heteroatoms. The van der Waals surface area contributed by atoms with E-state index in [2.05, 4.69) is 4.72 Å². The van der Waals surface area contributed by atoms with Gasteiger partial charge in [0.1, 0.15) is 10.6 Å². The smallest absolute Gasteiger partial charge is 0.244 e. The van der Waals surface area contributed by atoms with Crippen LogP contribution in [0.3, 0.4) is 0 Å². The van der Waals surface area contributed by atoms with Crippen LogP contribution in [0.25, 0.3) is 0 Å². The molecule has 0 atom stereocenters. The van der Waals surface area contributed by atoms with Crippen LogP contribution in [0.1, 0.15) is 32.6 Å². The van der Waals surface area contributed by atoms with Crippen LogP contribution in [0.15, 0.2) is 52.1 Å². The van der Waals surface area contributed by atoms with Crippen molar-refractivity contribution >= 4 is 38.5 Å². The molecular formula is C19H19NO4S3. The predicted molar refractivity (Wildman–Crippen MR) is 108 cm³/mol. The molecule has 0 aliphatic heterocycles. The van der Waals surface area contributed by atoms with Crippen LogP contribution in [-0.4, -0.2) is 20.8 Å². The van der Waals surface area contributed by atoms with Crippen molar-refractivity contribution in [2.75, 3.05) is 6.61 Å². The monoisotopic (exact) mass is 421 g/mol. The zero-order valence-corrected chi connectivity index (χ0v) is 17.3. The normalized spacial score (nSPS) is 11.5. The van der Waals surface area contributed by atoms with E-state index >= 15 is 0 Å². The Morgan fingerprint density at radius 2 is 2.00 bits per heavy atom. The molecule has 0 aliphatic carbocycles. The molecule has 3 aromatic rings. The zero-order chi connectivity index (χ0) is 19.4. The van der Waals surface area contributed by atoms with E-state index in [0.717, 1.165) is 10.4 Å². The van der Waals surface area contributed by atoms with Crippen LogP contribution in [0.4, 0.5) is 0 Å². The lowest BCUT2D eigenvalue weighted by molar-refractivity contribution is 0.104. The lowest BCUT2D eigenvalue weighted by Crippen LogP contribution is -2.23. The second kappa shape index (κ2) is 8.35. The molecule has 0 spiro atoms. The van der Waals surface area contributed by atoms with Crippen LogP contribution in [0.2, 0.25) is 0 Å². The minimum absolute atomic E-state index is 0.0485. The predicted octanol–water partition coefficient (Wildman–Crippen LogP) is 4.23. The summed E-state index contributed by atoms with van der Waals surface area (Å²) in [6.07, 6.45) is 0. The largest absolute Gasteiger partial charge is 0.492 e. The Labute approximate surface area is 166 Å². The average molecular weight is 422 g/mol. The highest BCUT2D eigenvalue weighted by molar-refractivity contribution is 7.89. The number of benzene rings is 1. The topological polar surface area (TPSA) is 72.5 Å². The Balaban J connectivity index is 1.75. The van der Waals surface area contributed by atoms with Crippen molar-refractivity contribution in [3.05, 3.63) is 68.0 Å². The molecule has 0 aliphatic rings. The van der Waals surface area contributed by atoms with Crippen molar-refractivity contribution in [2.45, 2.75) is 25.3 Å². The molecular weight excluding hydrogens is 402 g/mol. The van der Waals surface area contributed by atoms with Gasteiger partial charge in [0.15, 0.2) is 0 Å². The molecule has 0 saturated carbocycles. The van der Waals surface area contributed by atoms with Gasteiger partial charge < -0.3 is 4.74 Å². The van der Waals surface area contributed by atoms with Gasteiger partial charge in [-0.05, 0) is 55.1 Å². The summed E-state index contributed by atoms with van der Waals surface area (Å²) in [5.41, 5.74) is 1.48. The van der Waals surface area contributed by atoms with Crippen molar-refractivity contribution < 1.29 is 17.9 Å². The summed E-state index contributed by atoms with van der Waals surface area (Å²) < 4.78 is 33.5. The molecule has 0 fully saturated rings. The lowest BCUT2D eigenvalue weighted by Gasteiger charge is -2.12. The summed E-state index contributed by atoms with van der Waals surface area (Å²) in [5.74, 6) is 0.280. The second-order valence-electron chi connectivity index (χ2n) is 5.81. The second-order valence-corrected chi connectivity index (χ2v) is 9.50. The maximum atomic E-state index is 12.7. The first kappa shape index (κ1) is 19.8. The fourth-order valence-corrected chi connectivity index (χ4v) is 5.35. The average Bonchev–Trinajstić information content (AvgIpc) is 3.33. The van der Waals surface area contributed by atoms with Gasteiger partial charge in [0.2, 0.25) is 15.8 Å². The van der Waals surface area contributed by atoms with Crippen molar-refractivity contribution in [2.24, 2.45) is 0 Å². The van der Waals surface area contributed by atoms with E-state index in [1.54, 1.807) is 42.6 Å². The summed E-state index contributed by atoms with van der Waals surface area (Å²) in [6.45, 7) is 4.13. The number of thiophene rings is 2. The Kier molecular flexibility index (Phi) is 6.11. The van der Waals surface area contributed by atoms with Crippen LogP contribution in [0.5, 0.6) is 5.75 Å². The summed E-state index contributed by atoms with van der Waals surface area (Å²) >= 11 is 2.76. The van der Waals surface area contributed by atoms with Crippen molar-refractivity contribution in [1.82, 2.24) is 4.72 Å². The highest BCUT2D eigenvalue weighted by Crippen LogP contribution is 2.26. The van der Waals surface area contributed by atoms with E-state index in [0.29, 0.717) is 22.8 Å². The van der Waals surface area contributed by atoms with E-state index in [4.69, 9.17) is 4.74 Å². The summed E-state index contributed by atoms with van der Waals surface area (Å²) in [4.78, 5) is 13.8. The number of hydrogen-bond donors (Lipinski definition) is 1. The molecule has 3 rings (SSSR count). The number of sulfonamides is 1. The molecule has 0 unspecified atom stereocenters. The number of nitrogens with one attached hydrogen (secondary N) is 1. The number of rotatable bonds is 8. The Morgan fingerprint density at radius 3 is 2.70 bits per heavy atom. The number of carbonyl (C=O) groups excluding carboxylic acids is 1. The van der Waals surface area contributed by atoms with Crippen LogP contribution < -0.4 is 9.46 Å². The molecule has 2 aromatic heterocycles. The van der Waals surface area contributed by atoms with Crippen LogP contribution in [-0.2, 0) is 16.6 Å². The SMILES string of the molecule is CCOc1ccc(C)cc1S(=O)(=O)NCc1ccc(C(=O)c2ccsc2)s1. The molecule has 27 heavy (non-hydrogen) atoms. The van der Waals surface area contributed by atoms with Gasteiger partial charge in [0.05, 0.1) is 11.5 Å². The fraction of sp³-hybridized carbons (Fsp3) is 0.211. The third kappa shape index (κ3) is 4.65. The first-order valence-electron chi connectivity index (χ1n) is 8.29. The van der Waals surface area contributed by atoms with Crippen molar-refractivity contribution in [3.63, 3.8) is 0 Å². The van der Waals surface area contributed by atoms with Gasteiger partial charge >= 0.3 is 0 Å². The molecule has 1 aromatic carbocycles. The van der Waals surface area contributed by atoms with Gasteiger partial charge in [-0.25, -0.2) is 13.1 Å². The number of aryl methyl sites for hydroxylation is 1. The molecule has 0 amide bonds. The Bertz CT molecular complexity index is 1040. The summed E-state index contributed by atoms with van der Waals surface area (Å²) in [6, 6.07) is 10.3. The molecule has 0 radical (unpaired) electrons. The van der Waals surface area contributed by atoms with E-state index in [1.807, 2.05) is 18.4 Å².